The maximum Gasteiger partial charge on any atom is 0.472 e. The minimum absolute atomic E-state index is 0.0586. The van der Waals surface area contributed by atoms with Gasteiger partial charge in [0.25, 0.3) is 0 Å². The third kappa shape index (κ3) is 42.8. The summed E-state index contributed by atoms with van der Waals surface area (Å²) in [6, 6.07) is -0.852. The Morgan fingerprint density at radius 3 is 1.45 bits per heavy atom. The maximum atomic E-state index is 12.9. The molecule has 0 aliphatic heterocycles. The van der Waals surface area contributed by atoms with Crippen LogP contribution >= 0.6 is 7.82 Å². The number of amides is 1. The van der Waals surface area contributed by atoms with Crippen molar-refractivity contribution in [1.29, 1.82) is 0 Å². The molecule has 1 amide bonds. The van der Waals surface area contributed by atoms with E-state index in [1.807, 2.05) is 27.2 Å². The smallest absolute Gasteiger partial charge is 0.387 e. The zero-order valence-electron chi connectivity index (χ0n) is 38.8. The van der Waals surface area contributed by atoms with Crippen molar-refractivity contribution in [2.24, 2.45) is 0 Å². The molecule has 9 heteroatoms. The number of nitrogens with zero attached hydrogens (tertiary/aromatic N) is 1. The van der Waals surface area contributed by atoms with Crippen LogP contribution in [0.4, 0.5) is 0 Å². The third-order valence-electron chi connectivity index (χ3n) is 10.9. The van der Waals surface area contributed by atoms with Crippen LogP contribution in [0, 0.1) is 0 Å². The first-order chi connectivity index (χ1) is 28.0. The normalized spacial score (nSPS) is 14.5. The molecule has 0 aromatic carbocycles. The molecule has 3 atom stereocenters. The summed E-state index contributed by atoms with van der Waals surface area (Å²) in [5.74, 6) is -0.191. The van der Waals surface area contributed by atoms with Gasteiger partial charge in [0.1, 0.15) is 13.2 Å². The molecule has 3 N–H and O–H groups in total. The predicted octanol–water partition coefficient (Wildman–Crippen LogP) is 13.9. The van der Waals surface area contributed by atoms with Crippen molar-refractivity contribution in [2.45, 2.75) is 231 Å². The Hall–Kier alpha value is -1.28. The fraction of sp³-hybridized carbons (Fsp3) is 0.857. The molecule has 0 aliphatic carbocycles. The first-order valence-electron chi connectivity index (χ1n) is 24.4. The van der Waals surface area contributed by atoms with Gasteiger partial charge in [-0.25, -0.2) is 4.57 Å². The summed E-state index contributed by atoms with van der Waals surface area (Å²) in [6.45, 7) is 4.79. The van der Waals surface area contributed by atoms with E-state index in [1.165, 1.54) is 135 Å². The molecule has 342 valence electrons. The molecule has 58 heavy (non-hydrogen) atoms. The van der Waals surface area contributed by atoms with E-state index in [4.69, 9.17) is 9.05 Å². The summed E-state index contributed by atoms with van der Waals surface area (Å²) in [6.07, 6.45) is 50.7. The Morgan fingerprint density at radius 2 is 0.983 bits per heavy atom. The number of likely N-dealkylation sites (N-methyl/N-ethyl adjacent to an activating group) is 1. The summed E-state index contributed by atoms with van der Waals surface area (Å²) in [5.41, 5.74) is 0. The third-order valence-corrected chi connectivity index (χ3v) is 11.8. The van der Waals surface area contributed by atoms with Crippen LogP contribution in [0.2, 0.25) is 0 Å². The van der Waals surface area contributed by atoms with E-state index >= 15 is 0 Å². The lowest BCUT2D eigenvalue weighted by Gasteiger charge is -2.25. The van der Waals surface area contributed by atoms with Gasteiger partial charge in [0, 0.05) is 6.42 Å². The van der Waals surface area contributed by atoms with Crippen LogP contribution in [0.1, 0.15) is 219 Å². The second-order valence-electron chi connectivity index (χ2n) is 17.8. The van der Waals surface area contributed by atoms with Gasteiger partial charge >= 0.3 is 7.82 Å². The molecule has 0 saturated carbocycles. The number of aliphatic hydroxyl groups excluding tert-OH is 1. The number of carbonyl (C=O) groups is 1. The largest absolute Gasteiger partial charge is 0.472 e. The standard InChI is InChI=1S/C49H95N2O6P/c1-6-8-10-12-14-16-18-20-22-23-24-25-26-27-29-30-32-34-36-38-40-42-48(52)47(46-57-58(54,55)56-45-44-51(3,4)5)50-49(53)43-41-39-37-35-33-31-28-21-19-17-15-13-11-9-7-2/h15,17,21,28,40,42,47-48,52H,6-14,16,18-20,22-27,29-39,41,43-46H2,1-5H3,(H-,50,53,54,55)/p+1/b17-15-,28-21-,42-40+. The lowest BCUT2D eigenvalue weighted by atomic mass is 10.0. The quantitative estimate of drug-likeness (QED) is 0.0244. The number of hydrogen-bond donors (Lipinski definition) is 3. The Bertz CT molecular complexity index is 1040. The molecule has 0 radical (unpaired) electrons. The van der Waals surface area contributed by atoms with Gasteiger partial charge in [-0.3, -0.25) is 13.8 Å². The monoisotopic (exact) mass is 840 g/mol. The lowest BCUT2D eigenvalue weighted by Crippen LogP contribution is -2.45. The second kappa shape index (κ2) is 41.1. The number of rotatable bonds is 44. The van der Waals surface area contributed by atoms with Crippen LogP contribution in [0.25, 0.3) is 0 Å². The minimum atomic E-state index is -4.34. The molecule has 0 heterocycles. The van der Waals surface area contributed by atoms with Gasteiger partial charge in [0.05, 0.1) is 39.9 Å². The van der Waals surface area contributed by atoms with E-state index in [0.717, 1.165) is 64.2 Å². The fourth-order valence-corrected chi connectivity index (χ4v) is 7.69. The van der Waals surface area contributed by atoms with Gasteiger partial charge < -0.3 is 19.8 Å². The predicted molar refractivity (Wildman–Crippen MR) is 249 cm³/mol. The van der Waals surface area contributed by atoms with Crippen LogP contribution in [-0.4, -0.2) is 73.4 Å². The molecule has 0 aliphatic rings. The van der Waals surface area contributed by atoms with E-state index in [1.54, 1.807) is 6.08 Å². The zero-order chi connectivity index (χ0) is 42.8. The first kappa shape index (κ1) is 56.7. The van der Waals surface area contributed by atoms with Crippen molar-refractivity contribution < 1.29 is 32.9 Å². The van der Waals surface area contributed by atoms with Crippen molar-refractivity contribution in [2.75, 3.05) is 40.9 Å². The number of allylic oxidation sites excluding steroid dienone is 5. The molecular formula is C49H96N2O6P+. The Balaban J connectivity index is 4.35. The molecule has 0 aromatic heterocycles. The number of nitrogens with one attached hydrogen (secondary N) is 1. The van der Waals surface area contributed by atoms with Crippen molar-refractivity contribution in [3.63, 3.8) is 0 Å². The van der Waals surface area contributed by atoms with Gasteiger partial charge in [-0.05, 0) is 51.4 Å². The highest BCUT2D eigenvalue weighted by Gasteiger charge is 2.27. The number of unbranched alkanes of at least 4 members (excludes halogenated alkanes) is 27. The maximum absolute atomic E-state index is 12.9. The fourth-order valence-electron chi connectivity index (χ4n) is 6.95. The summed E-state index contributed by atoms with van der Waals surface area (Å²) in [5, 5.41) is 13.9. The van der Waals surface area contributed by atoms with Crippen LogP contribution in [0.5, 0.6) is 0 Å². The number of aliphatic hydroxyl groups is 1. The van der Waals surface area contributed by atoms with E-state index in [-0.39, 0.29) is 19.1 Å². The molecule has 3 unspecified atom stereocenters. The highest BCUT2D eigenvalue weighted by molar-refractivity contribution is 7.47. The molecular weight excluding hydrogens is 744 g/mol. The summed E-state index contributed by atoms with van der Waals surface area (Å²) in [4.78, 5) is 23.2. The Labute approximate surface area is 359 Å². The Morgan fingerprint density at radius 1 is 0.586 bits per heavy atom. The van der Waals surface area contributed by atoms with Gasteiger partial charge in [0.2, 0.25) is 5.91 Å². The number of hydrogen-bond acceptors (Lipinski definition) is 5. The van der Waals surface area contributed by atoms with E-state index in [2.05, 4.69) is 43.5 Å². The average molecular weight is 840 g/mol. The molecule has 0 aromatic rings. The zero-order valence-corrected chi connectivity index (χ0v) is 39.7. The Kier molecular flexibility index (Phi) is 40.2. The number of phosphoric acid groups is 1. The molecule has 0 saturated heterocycles. The van der Waals surface area contributed by atoms with E-state index < -0.39 is 20.0 Å². The molecule has 0 spiro atoms. The van der Waals surface area contributed by atoms with Gasteiger partial charge in [-0.1, -0.05) is 198 Å². The lowest BCUT2D eigenvalue weighted by molar-refractivity contribution is -0.870. The summed E-state index contributed by atoms with van der Waals surface area (Å²) >= 11 is 0. The van der Waals surface area contributed by atoms with Crippen molar-refractivity contribution in [3.8, 4) is 0 Å². The topological polar surface area (TPSA) is 105 Å². The summed E-state index contributed by atoms with van der Waals surface area (Å²) in [7, 11) is 1.56. The van der Waals surface area contributed by atoms with Crippen LogP contribution in [0.15, 0.2) is 36.5 Å². The molecule has 8 nitrogen and oxygen atoms in total. The average Bonchev–Trinajstić information content (AvgIpc) is 3.17. The van der Waals surface area contributed by atoms with Crippen LogP contribution < -0.4 is 5.32 Å². The van der Waals surface area contributed by atoms with Gasteiger partial charge in [-0.15, -0.1) is 0 Å². The number of carbonyl (C=O) groups excluding carboxylic acids is 1. The van der Waals surface area contributed by atoms with Crippen LogP contribution in [-0.2, 0) is 18.4 Å². The summed E-state index contributed by atoms with van der Waals surface area (Å²) < 4.78 is 23.6. The first-order valence-corrected chi connectivity index (χ1v) is 25.9. The number of quaternary nitrogens is 1. The van der Waals surface area contributed by atoms with Gasteiger partial charge in [0.15, 0.2) is 0 Å². The second-order valence-corrected chi connectivity index (χ2v) is 19.3. The minimum Gasteiger partial charge on any atom is -0.387 e. The van der Waals surface area contributed by atoms with E-state index in [9.17, 15) is 19.4 Å². The van der Waals surface area contributed by atoms with Crippen molar-refractivity contribution >= 4 is 13.7 Å². The van der Waals surface area contributed by atoms with Crippen LogP contribution in [0.3, 0.4) is 0 Å². The highest BCUT2D eigenvalue weighted by atomic mass is 31.2. The molecule has 0 bridgehead atoms. The highest BCUT2D eigenvalue weighted by Crippen LogP contribution is 2.43. The van der Waals surface area contributed by atoms with E-state index in [0.29, 0.717) is 17.4 Å². The van der Waals surface area contributed by atoms with Crippen molar-refractivity contribution in [1.82, 2.24) is 5.32 Å². The number of phosphoric ester groups is 1. The SMILES string of the molecule is CCCCC/C=C\C/C=C\CCCCCCCC(=O)NC(COP(=O)(O)OCC[N+](C)(C)C)C(O)/C=C/CCCCCCCCCCCCCCCCCCCCC. The van der Waals surface area contributed by atoms with Gasteiger partial charge in [-0.2, -0.15) is 0 Å². The molecule has 0 rings (SSSR count). The molecule has 0 fully saturated rings. The van der Waals surface area contributed by atoms with Crippen molar-refractivity contribution in [3.05, 3.63) is 36.5 Å².